The van der Waals surface area contributed by atoms with Crippen molar-refractivity contribution in [2.45, 2.75) is 0 Å². The molecule has 1 heterocycles. The van der Waals surface area contributed by atoms with Gasteiger partial charge < -0.3 is 0 Å². The lowest BCUT2D eigenvalue weighted by molar-refractivity contribution is -0.129. The van der Waals surface area contributed by atoms with Crippen molar-refractivity contribution < 1.29 is 14.4 Å². The molecule has 5 nitrogen and oxygen atoms in total. The minimum Gasteiger partial charge on any atom is -0.293 e. The highest BCUT2D eigenvalue weighted by atomic mass is 79.9. The molecular formula is C23H15BrN2O3. The molecule has 1 unspecified atom stereocenters. The number of anilines is 1. The quantitative estimate of drug-likeness (QED) is 0.443. The number of halogens is 1. The van der Waals surface area contributed by atoms with Crippen LogP contribution in [0.1, 0.15) is 15.9 Å². The van der Waals surface area contributed by atoms with Crippen molar-refractivity contribution in [3.05, 3.63) is 101 Å². The van der Waals surface area contributed by atoms with Crippen LogP contribution in [0, 0.1) is 5.92 Å². The van der Waals surface area contributed by atoms with Gasteiger partial charge in [-0.2, -0.15) is 4.99 Å². The fourth-order valence-corrected chi connectivity index (χ4v) is 3.69. The predicted octanol–water partition coefficient (Wildman–Crippen LogP) is 4.27. The number of carbonyl (C=O) groups excluding carboxylic acids is 3. The Hall–Kier alpha value is -3.38. The Balaban J connectivity index is 1.84. The van der Waals surface area contributed by atoms with E-state index in [1.165, 1.54) is 4.90 Å². The molecule has 0 N–H and O–H groups in total. The normalized spacial score (nSPS) is 16.5. The Kier molecular flexibility index (Phi) is 5.18. The molecule has 0 bridgehead atoms. The minimum absolute atomic E-state index is 0.211. The van der Waals surface area contributed by atoms with Gasteiger partial charge in [-0.25, -0.2) is 0 Å². The highest BCUT2D eigenvalue weighted by Crippen LogP contribution is 2.28. The van der Waals surface area contributed by atoms with Gasteiger partial charge in [0.15, 0.2) is 17.5 Å². The molecule has 0 saturated heterocycles. The summed E-state index contributed by atoms with van der Waals surface area (Å²) in [6.45, 7) is 0. The molecule has 2 amide bonds. The van der Waals surface area contributed by atoms with Gasteiger partial charge in [0.2, 0.25) is 0 Å². The predicted molar refractivity (Wildman–Crippen MR) is 114 cm³/mol. The third kappa shape index (κ3) is 3.54. The minimum atomic E-state index is -1.53. The SMILES string of the molecule is O=C1N=C(c2ccccc2)N(c2ccccc2)C(=O)C1C(=O)c1ccccc1Br. The number of benzene rings is 3. The summed E-state index contributed by atoms with van der Waals surface area (Å²) in [6, 6.07) is 24.6. The van der Waals surface area contributed by atoms with Crippen molar-refractivity contribution in [2.75, 3.05) is 4.90 Å². The van der Waals surface area contributed by atoms with Crippen LogP contribution >= 0.6 is 15.9 Å². The van der Waals surface area contributed by atoms with Crippen LogP contribution in [0.5, 0.6) is 0 Å². The number of hydrogen-bond acceptors (Lipinski definition) is 3. The number of nitrogens with zero attached hydrogens (tertiary/aromatic N) is 2. The Morgan fingerprint density at radius 2 is 1.41 bits per heavy atom. The average molecular weight is 447 g/mol. The lowest BCUT2D eigenvalue weighted by atomic mass is 9.93. The molecule has 4 rings (SSSR count). The van der Waals surface area contributed by atoms with Crippen molar-refractivity contribution in [3.63, 3.8) is 0 Å². The zero-order valence-electron chi connectivity index (χ0n) is 15.2. The van der Waals surface area contributed by atoms with Gasteiger partial charge in [0, 0.05) is 15.6 Å². The van der Waals surface area contributed by atoms with E-state index in [-0.39, 0.29) is 11.4 Å². The Bertz CT molecular complexity index is 1130. The molecule has 29 heavy (non-hydrogen) atoms. The van der Waals surface area contributed by atoms with Gasteiger partial charge in [-0.1, -0.05) is 82.7 Å². The zero-order valence-corrected chi connectivity index (χ0v) is 16.7. The zero-order chi connectivity index (χ0) is 20.4. The molecule has 0 saturated carbocycles. The molecule has 0 spiro atoms. The van der Waals surface area contributed by atoms with Crippen LogP contribution < -0.4 is 4.90 Å². The average Bonchev–Trinajstić information content (AvgIpc) is 2.75. The number of amidine groups is 1. The monoisotopic (exact) mass is 446 g/mol. The second-order valence-corrected chi connectivity index (χ2v) is 7.28. The molecule has 3 aromatic rings. The van der Waals surface area contributed by atoms with Gasteiger partial charge in [-0.15, -0.1) is 0 Å². The number of aliphatic imine (C=N–C) groups is 1. The summed E-state index contributed by atoms with van der Waals surface area (Å²) in [7, 11) is 0. The van der Waals surface area contributed by atoms with Crippen molar-refractivity contribution in [2.24, 2.45) is 10.9 Å². The van der Waals surface area contributed by atoms with Gasteiger partial charge in [0.05, 0.1) is 5.69 Å². The molecule has 1 atom stereocenters. The molecule has 3 aromatic carbocycles. The molecule has 0 aliphatic carbocycles. The maximum absolute atomic E-state index is 13.4. The summed E-state index contributed by atoms with van der Waals surface area (Å²) < 4.78 is 0.523. The maximum atomic E-state index is 13.4. The summed E-state index contributed by atoms with van der Waals surface area (Å²) >= 11 is 3.32. The van der Waals surface area contributed by atoms with Crippen LogP contribution in [-0.4, -0.2) is 23.4 Å². The molecule has 0 radical (unpaired) electrons. The highest BCUT2D eigenvalue weighted by Gasteiger charge is 2.44. The van der Waals surface area contributed by atoms with Crippen molar-refractivity contribution in [1.29, 1.82) is 0 Å². The lowest BCUT2D eigenvalue weighted by Gasteiger charge is -2.30. The fourth-order valence-electron chi connectivity index (χ4n) is 3.21. The summed E-state index contributed by atoms with van der Waals surface area (Å²) in [5.74, 6) is -3.27. The molecule has 0 fully saturated rings. The van der Waals surface area contributed by atoms with E-state index < -0.39 is 23.5 Å². The molecule has 6 heteroatoms. The smallest absolute Gasteiger partial charge is 0.268 e. The Morgan fingerprint density at radius 1 is 0.828 bits per heavy atom. The van der Waals surface area contributed by atoms with E-state index in [1.807, 2.05) is 12.1 Å². The number of hydrogen-bond donors (Lipinski definition) is 0. The van der Waals surface area contributed by atoms with E-state index in [0.29, 0.717) is 15.7 Å². The summed E-state index contributed by atoms with van der Waals surface area (Å²) in [5, 5.41) is 0. The van der Waals surface area contributed by atoms with Gasteiger partial charge >= 0.3 is 0 Å². The summed E-state index contributed by atoms with van der Waals surface area (Å²) in [6.07, 6.45) is 0. The van der Waals surface area contributed by atoms with Gasteiger partial charge in [0.25, 0.3) is 11.8 Å². The third-order valence-corrected chi connectivity index (χ3v) is 5.28. The topological polar surface area (TPSA) is 66.8 Å². The van der Waals surface area contributed by atoms with E-state index in [9.17, 15) is 14.4 Å². The molecule has 0 aromatic heterocycles. The van der Waals surface area contributed by atoms with E-state index >= 15 is 0 Å². The second kappa shape index (κ2) is 7.93. The number of amides is 2. The molecule has 1 aliphatic heterocycles. The van der Waals surface area contributed by atoms with Crippen LogP contribution in [0.2, 0.25) is 0 Å². The molecule has 1 aliphatic rings. The first kappa shape index (κ1) is 19.0. The van der Waals surface area contributed by atoms with Gasteiger partial charge in [-0.05, 0) is 18.2 Å². The molecule has 142 valence electrons. The Morgan fingerprint density at radius 3 is 2.07 bits per heavy atom. The number of para-hydroxylation sites is 1. The van der Waals surface area contributed by atoms with Gasteiger partial charge in [-0.3, -0.25) is 19.3 Å². The van der Waals surface area contributed by atoms with E-state index in [1.54, 1.807) is 72.8 Å². The number of carbonyl (C=O) groups is 3. The summed E-state index contributed by atoms with van der Waals surface area (Å²) in [4.78, 5) is 44.9. The fraction of sp³-hybridized carbons (Fsp3) is 0.0435. The first-order valence-electron chi connectivity index (χ1n) is 8.93. The first-order valence-corrected chi connectivity index (χ1v) is 9.73. The number of ketones is 1. The van der Waals surface area contributed by atoms with Crippen molar-refractivity contribution >= 4 is 45.1 Å². The lowest BCUT2D eigenvalue weighted by Crippen LogP contribution is -2.50. The van der Waals surface area contributed by atoms with E-state index in [2.05, 4.69) is 20.9 Å². The van der Waals surface area contributed by atoms with Crippen molar-refractivity contribution in [3.8, 4) is 0 Å². The van der Waals surface area contributed by atoms with Crippen molar-refractivity contribution in [1.82, 2.24) is 0 Å². The molecular weight excluding hydrogens is 432 g/mol. The van der Waals surface area contributed by atoms with Crippen LogP contribution in [0.4, 0.5) is 5.69 Å². The van der Waals surface area contributed by atoms with Crippen LogP contribution in [-0.2, 0) is 9.59 Å². The van der Waals surface area contributed by atoms with Crippen LogP contribution in [0.3, 0.4) is 0 Å². The highest BCUT2D eigenvalue weighted by molar-refractivity contribution is 9.10. The second-order valence-electron chi connectivity index (χ2n) is 6.43. The summed E-state index contributed by atoms with van der Waals surface area (Å²) in [5.41, 5.74) is 1.42. The number of Topliss-reactive ketones (excluding diaryl/α,β-unsaturated/α-hetero) is 1. The van der Waals surface area contributed by atoms with E-state index in [0.717, 1.165) is 0 Å². The van der Waals surface area contributed by atoms with E-state index in [4.69, 9.17) is 0 Å². The largest absolute Gasteiger partial charge is 0.293 e. The van der Waals surface area contributed by atoms with Gasteiger partial charge in [0.1, 0.15) is 0 Å². The van der Waals surface area contributed by atoms with Crippen LogP contribution in [0.15, 0.2) is 94.4 Å². The van der Waals surface area contributed by atoms with Crippen LogP contribution in [0.25, 0.3) is 0 Å². The number of rotatable bonds is 4. The third-order valence-electron chi connectivity index (χ3n) is 4.59. The maximum Gasteiger partial charge on any atom is 0.268 e. The first-order chi connectivity index (χ1) is 14.1. The standard InChI is InChI=1S/C23H15BrN2O3/c24-18-14-8-7-13-17(18)20(27)19-22(28)25-21(15-9-3-1-4-10-15)26(23(19)29)16-11-5-2-6-12-16/h1-14,19H. The Labute approximate surface area is 175 Å².